The number of hydrogen-bond acceptors (Lipinski definition) is 4. The van der Waals surface area contributed by atoms with Crippen molar-refractivity contribution in [3.63, 3.8) is 0 Å². The first kappa shape index (κ1) is 26.6. The minimum atomic E-state index is -4.40. The Morgan fingerprint density at radius 2 is 1.97 bits per heavy atom. The van der Waals surface area contributed by atoms with E-state index in [1.165, 1.54) is 13.2 Å². The lowest BCUT2D eigenvalue weighted by molar-refractivity contribution is -0.153. The Kier molecular flexibility index (Phi) is 11.6. The van der Waals surface area contributed by atoms with Crippen LogP contribution in [0.15, 0.2) is 23.2 Å². The van der Waals surface area contributed by atoms with Crippen LogP contribution in [-0.2, 0) is 11.3 Å². The number of nitrogens with one attached hydrogen (secondary N) is 1. The second kappa shape index (κ2) is 13.1. The molecule has 0 aliphatic carbocycles. The fourth-order valence-electron chi connectivity index (χ4n) is 3.18. The van der Waals surface area contributed by atoms with Crippen molar-refractivity contribution in [3.05, 3.63) is 23.8 Å². The van der Waals surface area contributed by atoms with Crippen molar-refractivity contribution in [3.8, 4) is 11.5 Å². The molecule has 0 atom stereocenters. The van der Waals surface area contributed by atoms with Crippen molar-refractivity contribution in [2.45, 2.75) is 32.0 Å². The van der Waals surface area contributed by atoms with Crippen molar-refractivity contribution in [2.75, 3.05) is 47.6 Å². The van der Waals surface area contributed by atoms with E-state index in [0.29, 0.717) is 12.5 Å². The summed E-state index contributed by atoms with van der Waals surface area (Å²) in [5.74, 6) is 1.76. The van der Waals surface area contributed by atoms with E-state index >= 15 is 0 Å². The molecular formula is C20H31F3IN3O3. The van der Waals surface area contributed by atoms with Crippen LogP contribution in [0.4, 0.5) is 13.2 Å². The number of hydrogen-bond donors (Lipinski definition) is 1. The fourth-order valence-corrected chi connectivity index (χ4v) is 3.18. The van der Waals surface area contributed by atoms with Crippen LogP contribution >= 0.6 is 24.0 Å². The molecule has 6 nitrogen and oxygen atoms in total. The zero-order valence-corrected chi connectivity index (χ0v) is 20.0. The molecular weight excluding hydrogens is 514 g/mol. The molecule has 0 spiro atoms. The molecule has 0 saturated carbocycles. The topological polar surface area (TPSA) is 55.3 Å². The van der Waals surface area contributed by atoms with Gasteiger partial charge in [-0.1, -0.05) is 6.07 Å². The number of ether oxygens (including phenoxy) is 3. The fraction of sp³-hybridized carbons (Fsp3) is 0.650. The molecule has 1 aliphatic rings. The minimum Gasteiger partial charge on any atom is -0.493 e. The van der Waals surface area contributed by atoms with Crippen LogP contribution in [0.2, 0.25) is 0 Å². The highest BCUT2D eigenvalue weighted by Gasteiger charge is 2.29. The van der Waals surface area contributed by atoms with Crippen molar-refractivity contribution in [1.82, 2.24) is 10.2 Å². The predicted molar refractivity (Wildman–Crippen MR) is 121 cm³/mol. The van der Waals surface area contributed by atoms with Gasteiger partial charge in [-0.25, -0.2) is 0 Å². The van der Waals surface area contributed by atoms with Gasteiger partial charge >= 0.3 is 6.18 Å². The van der Waals surface area contributed by atoms with Crippen LogP contribution in [0.25, 0.3) is 0 Å². The smallest absolute Gasteiger partial charge is 0.422 e. The second-order valence-corrected chi connectivity index (χ2v) is 7.06. The summed E-state index contributed by atoms with van der Waals surface area (Å²) in [6.45, 7) is 1.67. The predicted octanol–water partition coefficient (Wildman–Crippen LogP) is 4.08. The summed E-state index contributed by atoms with van der Waals surface area (Å²) >= 11 is 0. The molecule has 0 amide bonds. The van der Waals surface area contributed by atoms with E-state index in [1.807, 2.05) is 7.05 Å². The SMILES string of the molecule is CN=C(NCc1ccc(OCC(F)(F)F)c(OC)c1)N(C)CCC1CCOCC1.I. The summed E-state index contributed by atoms with van der Waals surface area (Å²) in [7, 11) is 5.11. The Bertz CT molecular complexity index is 668. The van der Waals surface area contributed by atoms with Crippen LogP contribution in [-0.4, -0.2) is 64.6 Å². The van der Waals surface area contributed by atoms with Crippen molar-refractivity contribution >= 4 is 29.9 Å². The maximum atomic E-state index is 12.4. The van der Waals surface area contributed by atoms with E-state index in [9.17, 15) is 13.2 Å². The highest BCUT2D eigenvalue weighted by atomic mass is 127. The first-order chi connectivity index (χ1) is 13.8. The van der Waals surface area contributed by atoms with Crippen molar-refractivity contribution < 1.29 is 27.4 Å². The van der Waals surface area contributed by atoms with E-state index in [4.69, 9.17) is 14.2 Å². The molecule has 0 aromatic heterocycles. The third-order valence-electron chi connectivity index (χ3n) is 4.86. The van der Waals surface area contributed by atoms with Gasteiger partial charge in [0.25, 0.3) is 0 Å². The Balaban J connectivity index is 0.00000450. The zero-order valence-electron chi connectivity index (χ0n) is 17.6. The Hall–Kier alpha value is -1.43. The molecule has 1 aliphatic heterocycles. The average Bonchev–Trinajstić information content (AvgIpc) is 2.71. The Labute approximate surface area is 193 Å². The molecule has 2 rings (SSSR count). The number of guanidine groups is 1. The van der Waals surface area contributed by atoms with E-state index in [0.717, 1.165) is 50.5 Å². The van der Waals surface area contributed by atoms with Crippen LogP contribution < -0.4 is 14.8 Å². The molecule has 1 aromatic carbocycles. The lowest BCUT2D eigenvalue weighted by Gasteiger charge is -2.27. The maximum absolute atomic E-state index is 12.4. The van der Waals surface area contributed by atoms with E-state index in [2.05, 4.69) is 15.2 Å². The standard InChI is InChI=1S/C20H30F3N3O3.HI/c1-24-19(26(2)9-6-15-7-10-28-11-8-15)25-13-16-4-5-17(18(12-16)27-3)29-14-20(21,22)23;/h4-5,12,15H,6-11,13-14H2,1-3H3,(H,24,25);1H. The van der Waals surface area contributed by atoms with Gasteiger partial charge in [0.15, 0.2) is 24.1 Å². The van der Waals surface area contributed by atoms with Crippen LogP contribution in [0.1, 0.15) is 24.8 Å². The molecule has 0 unspecified atom stereocenters. The summed E-state index contributed by atoms with van der Waals surface area (Å²) < 4.78 is 52.5. The first-order valence-corrected chi connectivity index (χ1v) is 9.68. The van der Waals surface area contributed by atoms with E-state index < -0.39 is 12.8 Å². The third-order valence-corrected chi connectivity index (χ3v) is 4.86. The normalized spacial score (nSPS) is 15.3. The number of methoxy groups -OCH3 is 1. The number of aliphatic imine (C=N–C) groups is 1. The quantitative estimate of drug-likeness (QED) is 0.303. The number of rotatable bonds is 8. The van der Waals surface area contributed by atoms with Gasteiger partial charge in [0.1, 0.15) is 0 Å². The molecule has 1 fully saturated rings. The van der Waals surface area contributed by atoms with E-state index in [-0.39, 0.29) is 35.5 Å². The molecule has 0 bridgehead atoms. The van der Waals surface area contributed by atoms with Gasteiger partial charge in [0.2, 0.25) is 0 Å². The van der Waals surface area contributed by atoms with Gasteiger partial charge in [0.05, 0.1) is 7.11 Å². The molecule has 10 heteroatoms. The molecule has 30 heavy (non-hydrogen) atoms. The molecule has 172 valence electrons. The summed E-state index contributed by atoms with van der Waals surface area (Å²) in [6.07, 6.45) is -1.11. The highest BCUT2D eigenvalue weighted by molar-refractivity contribution is 14.0. The van der Waals surface area contributed by atoms with E-state index in [1.54, 1.807) is 19.2 Å². The molecule has 1 saturated heterocycles. The Morgan fingerprint density at radius 3 is 2.57 bits per heavy atom. The molecule has 1 aromatic rings. The second-order valence-electron chi connectivity index (χ2n) is 7.06. The van der Waals surface area contributed by atoms with Crippen molar-refractivity contribution in [1.29, 1.82) is 0 Å². The number of benzene rings is 1. The number of halogens is 4. The summed E-state index contributed by atoms with van der Waals surface area (Å²) in [5.41, 5.74) is 0.847. The van der Waals surface area contributed by atoms with Gasteiger partial charge in [-0.3, -0.25) is 4.99 Å². The van der Waals surface area contributed by atoms with Gasteiger partial charge in [-0.05, 0) is 42.9 Å². The average molecular weight is 545 g/mol. The number of nitrogens with zero attached hydrogens (tertiary/aromatic N) is 2. The van der Waals surface area contributed by atoms with Crippen molar-refractivity contribution in [2.24, 2.45) is 10.9 Å². The van der Waals surface area contributed by atoms with Crippen LogP contribution in [0.5, 0.6) is 11.5 Å². The van der Waals surface area contributed by atoms with Crippen LogP contribution in [0, 0.1) is 5.92 Å². The summed E-state index contributed by atoms with van der Waals surface area (Å²) in [6, 6.07) is 4.85. The number of alkyl halides is 3. The minimum absolute atomic E-state index is 0. The summed E-state index contributed by atoms with van der Waals surface area (Å²) in [4.78, 5) is 6.39. The van der Waals surface area contributed by atoms with Gasteiger partial charge in [-0.15, -0.1) is 24.0 Å². The van der Waals surface area contributed by atoms with Gasteiger partial charge < -0.3 is 24.4 Å². The zero-order chi connectivity index (χ0) is 21.3. The lowest BCUT2D eigenvalue weighted by atomic mass is 9.96. The third kappa shape index (κ3) is 9.15. The highest BCUT2D eigenvalue weighted by Crippen LogP contribution is 2.29. The molecule has 0 radical (unpaired) electrons. The van der Waals surface area contributed by atoms with Gasteiger partial charge in [-0.2, -0.15) is 13.2 Å². The van der Waals surface area contributed by atoms with Gasteiger partial charge in [0, 0.05) is 40.4 Å². The largest absolute Gasteiger partial charge is 0.493 e. The maximum Gasteiger partial charge on any atom is 0.422 e. The Morgan fingerprint density at radius 1 is 1.27 bits per heavy atom. The first-order valence-electron chi connectivity index (χ1n) is 9.68. The lowest BCUT2D eigenvalue weighted by Crippen LogP contribution is -2.39. The molecule has 1 N–H and O–H groups in total. The monoisotopic (exact) mass is 545 g/mol. The molecule has 1 heterocycles. The summed E-state index contributed by atoms with van der Waals surface area (Å²) in [5, 5.41) is 3.28. The van der Waals surface area contributed by atoms with Crippen LogP contribution in [0.3, 0.4) is 0 Å².